The fourth-order valence-electron chi connectivity index (χ4n) is 1.51. The van der Waals surface area contributed by atoms with Gasteiger partial charge in [0.15, 0.2) is 0 Å². The van der Waals surface area contributed by atoms with Crippen LogP contribution in [0.2, 0.25) is 0 Å². The van der Waals surface area contributed by atoms with Gasteiger partial charge in [0.25, 0.3) is 0 Å². The summed E-state index contributed by atoms with van der Waals surface area (Å²) in [6.07, 6.45) is 2.73. The molecule has 1 atom stereocenters. The summed E-state index contributed by atoms with van der Waals surface area (Å²) in [5.74, 6) is -1.57. The molecule has 0 aliphatic heterocycles. The molecule has 0 aromatic carbocycles. The normalized spacial score (nSPS) is 10.6. The van der Waals surface area contributed by atoms with Crippen molar-refractivity contribution in [2.24, 2.45) is 17.2 Å². The van der Waals surface area contributed by atoms with Crippen molar-refractivity contribution in [1.29, 1.82) is 0 Å². The number of amides is 3. The van der Waals surface area contributed by atoms with E-state index < -0.39 is 23.8 Å². The number of hydrogen-bond acceptors (Lipinski definition) is 6. The van der Waals surface area contributed by atoms with E-state index in [2.05, 4.69) is 22.1 Å². The van der Waals surface area contributed by atoms with Gasteiger partial charge in [-0.25, -0.2) is 0 Å². The second kappa shape index (κ2) is 14.4. The lowest BCUT2D eigenvalue weighted by molar-refractivity contribution is -0.129. The summed E-state index contributed by atoms with van der Waals surface area (Å²) in [6, 6.07) is 2.88. The van der Waals surface area contributed by atoms with Crippen LogP contribution in [0, 0.1) is 6.92 Å². The highest BCUT2D eigenvalue weighted by Crippen LogP contribution is 2.16. The van der Waals surface area contributed by atoms with E-state index in [-0.39, 0.29) is 6.42 Å². The fourth-order valence-corrected chi connectivity index (χ4v) is 2.29. The highest BCUT2D eigenvalue weighted by atomic mass is 32.1. The molecule has 8 nitrogen and oxygen atoms in total. The van der Waals surface area contributed by atoms with Crippen molar-refractivity contribution in [3.05, 3.63) is 28.0 Å². The van der Waals surface area contributed by atoms with Crippen molar-refractivity contribution in [2.45, 2.75) is 19.4 Å². The number of thiophene rings is 1. The quantitative estimate of drug-likeness (QED) is 0.427. The van der Waals surface area contributed by atoms with Gasteiger partial charge in [0, 0.05) is 22.9 Å². The molecule has 0 aliphatic carbocycles. The number of primary amides is 1. The Hall–Kier alpha value is -2.23. The average molecular weight is 357 g/mol. The van der Waals surface area contributed by atoms with Crippen LogP contribution < -0.4 is 27.8 Å². The first kappa shape index (κ1) is 24.0. The number of likely N-dealkylation sites (N-methyl/N-ethyl adjacent to an activating group) is 1. The van der Waals surface area contributed by atoms with E-state index in [1.165, 1.54) is 27.2 Å². The van der Waals surface area contributed by atoms with Crippen molar-refractivity contribution in [3.8, 4) is 0 Å². The van der Waals surface area contributed by atoms with Crippen LogP contribution in [0.3, 0.4) is 0 Å². The zero-order valence-electron chi connectivity index (χ0n) is 14.5. The Labute approximate surface area is 146 Å². The molecule has 24 heavy (non-hydrogen) atoms. The van der Waals surface area contributed by atoms with E-state index >= 15 is 0 Å². The van der Waals surface area contributed by atoms with Crippen LogP contribution in [-0.2, 0) is 14.4 Å². The number of nitrogens with one attached hydrogen (secondary N) is 2. The third-order valence-electron chi connectivity index (χ3n) is 2.44. The summed E-state index contributed by atoms with van der Waals surface area (Å²) in [5, 5.41) is 4.81. The summed E-state index contributed by atoms with van der Waals surface area (Å²) in [7, 11) is 4.42. The van der Waals surface area contributed by atoms with Crippen LogP contribution in [0.5, 0.6) is 0 Å². The molecule has 0 saturated heterocycles. The molecule has 8 N–H and O–H groups in total. The molecular weight excluding hydrogens is 330 g/mol. The number of carbonyl (C=O) groups is 3. The zero-order chi connectivity index (χ0) is 19.1. The molecule has 136 valence electrons. The third-order valence-corrected chi connectivity index (χ3v) is 3.41. The van der Waals surface area contributed by atoms with Crippen LogP contribution in [-0.4, -0.2) is 44.9 Å². The van der Waals surface area contributed by atoms with Crippen molar-refractivity contribution in [1.82, 2.24) is 10.6 Å². The predicted octanol–water partition coefficient (Wildman–Crippen LogP) is -0.674. The van der Waals surface area contributed by atoms with Crippen molar-refractivity contribution in [3.63, 3.8) is 0 Å². The number of nitrogens with two attached hydrogens (primary N) is 3. The lowest BCUT2D eigenvalue weighted by atomic mass is 10.2. The molecule has 0 fully saturated rings. The highest BCUT2D eigenvalue weighted by molar-refractivity contribution is 7.12. The first-order chi connectivity index (χ1) is 11.4. The number of aryl methyl sites for hydroxylation is 1. The van der Waals surface area contributed by atoms with E-state index in [1.807, 2.05) is 19.1 Å². The highest BCUT2D eigenvalue weighted by Gasteiger charge is 2.20. The van der Waals surface area contributed by atoms with Crippen LogP contribution in [0.25, 0.3) is 6.08 Å². The van der Waals surface area contributed by atoms with Gasteiger partial charge in [-0.3, -0.25) is 14.4 Å². The van der Waals surface area contributed by atoms with E-state index in [9.17, 15) is 14.4 Å². The summed E-state index contributed by atoms with van der Waals surface area (Å²) < 4.78 is 0. The van der Waals surface area contributed by atoms with E-state index in [1.54, 1.807) is 17.4 Å². The summed E-state index contributed by atoms with van der Waals surface area (Å²) in [6.45, 7) is 1.97. The Balaban J connectivity index is 0. The molecule has 0 bridgehead atoms. The number of rotatable bonds is 6. The van der Waals surface area contributed by atoms with Crippen molar-refractivity contribution < 1.29 is 14.4 Å². The van der Waals surface area contributed by atoms with Gasteiger partial charge >= 0.3 is 0 Å². The Bertz CT molecular complexity index is 543. The van der Waals surface area contributed by atoms with Gasteiger partial charge in [-0.15, -0.1) is 11.3 Å². The minimum absolute atomic E-state index is 0.239. The first-order valence-corrected chi connectivity index (χ1v) is 7.94. The van der Waals surface area contributed by atoms with Gasteiger partial charge in [0.1, 0.15) is 6.04 Å². The molecular formula is C15H27N5O3S. The zero-order valence-corrected chi connectivity index (χ0v) is 15.3. The standard InChI is InChI=1S/C13H17N3O3S.2CH5N/c1-8-3-4-9(20-8)5-6-12(18)16-10(7-11(14)17)13(19)15-2;2*1-2/h3-6,10H,7H2,1-2H3,(H2,14,17)(H,15,19)(H,16,18);2*2H2,1H3/b6-5+;;/t10-;;/m0../s1. The fraction of sp³-hybridized carbons (Fsp3) is 0.400. The molecule has 3 amide bonds. The first-order valence-electron chi connectivity index (χ1n) is 7.12. The summed E-state index contributed by atoms with van der Waals surface area (Å²) in [4.78, 5) is 36.2. The second-order valence-electron chi connectivity index (χ2n) is 4.13. The maximum absolute atomic E-state index is 11.7. The third kappa shape index (κ3) is 10.5. The van der Waals surface area contributed by atoms with Crippen LogP contribution >= 0.6 is 11.3 Å². The molecule has 0 radical (unpaired) electrons. The van der Waals surface area contributed by atoms with Gasteiger partial charge in [-0.1, -0.05) is 0 Å². The molecule has 1 aromatic rings. The molecule has 0 saturated carbocycles. The predicted molar refractivity (Wildman–Crippen MR) is 98.1 cm³/mol. The molecule has 0 aliphatic rings. The maximum atomic E-state index is 11.7. The molecule has 0 spiro atoms. The minimum atomic E-state index is -0.959. The van der Waals surface area contributed by atoms with Crippen molar-refractivity contribution in [2.75, 3.05) is 21.1 Å². The summed E-state index contributed by atoms with van der Waals surface area (Å²) in [5.41, 5.74) is 14.0. The number of hydrogen-bond donors (Lipinski definition) is 5. The number of carbonyl (C=O) groups excluding carboxylic acids is 3. The Kier molecular flexibility index (Phi) is 14.4. The van der Waals surface area contributed by atoms with E-state index in [0.29, 0.717) is 0 Å². The summed E-state index contributed by atoms with van der Waals surface area (Å²) >= 11 is 1.55. The lowest BCUT2D eigenvalue weighted by Crippen LogP contribution is -2.47. The van der Waals surface area contributed by atoms with Gasteiger partial charge in [-0.05, 0) is 39.2 Å². The largest absolute Gasteiger partial charge is 0.370 e. The van der Waals surface area contributed by atoms with Gasteiger partial charge in [0.05, 0.1) is 6.42 Å². The van der Waals surface area contributed by atoms with Gasteiger partial charge in [-0.2, -0.15) is 0 Å². The molecule has 1 heterocycles. The second-order valence-corrected chi connectivity index (χ2v) is 5.45. The monoisotopic (exact) mass is 357 g/mol. The van der Waals surface area contributed by atoms with Gasteiger partial charge < -0.3 is 27.8 Å². The Morgan fingerprint density at radius 2 is 1.79 bits per heavy atom. The smallest absolute Gasteiger partial charge is 0.244 e. The van der Waals surface area contributed by atoms with E-state index in [4.69, 9.17) is 5.73 Å². The Morgan fingerprint density at radius 3 is 2.21 bits per heavy atom. The molecule has 1 rings (SSSR count). The average Bonchev–Trinajstić information content (AvgIpc) is 3.00. The van der Waals surface area contributed by atoms with Crippen LogP contribution in [0.1, 0.15) is 16.2 Å². The van der Waals surface area contributed by atoms with Crippen LogP contribution in [0.15, 0.2) is 18.2 Å². The maximum Gasteiger partial charge on any atom is 0.244 e. The lowest BCUT2D eigenvalue weighted by Gasteiger charge is -2.14. The van der Waals surface area contributed by atoms with Gasteiger partial charge in [0.2, 0.25) is 17.7 Å². The Morgan fingerprint density at radius 1 is 1.21 bits per heavy atom. The minimum Gasteiger partial charge on any atom is -0.370 e. The molecule has 1 aromatic heterocycles. The van der Waals surface area contributed by atoms with E-state index in [0.717, 1.165) is 9.75 Å². The van der Waals surface area contributed by atoms with Crippen molar-refractivity contribution >= 4 is 35.1 Å². The SMILES string of the molecule is CN.CN.CNC(=O)[C@H](CC(N)=O)NC(=O)/C=C/c1ccc(C)s1. The molecule has 0 unspecified atom stereocenters. The van der Waals surface area contributed by atoms with Crippen LogP contribution in [0.4, 0.5) is 0 Å². The topological polar surface area (TPSA) is 153 Å². The molecule has 9 heteroatoms.